The van der Waals surface area contributed by atoms with Crippen LogP contribution in [0, 0.1) is 11.3 Å². The summed E-state index contributed by atoms with van der Waals surface area (Å²) in [6.07, 6.45) is -2.17. The summed E-state index contributed by atoms with van der Waals surface area (Å²) < 4.78 is 63.8. The number of alkyl halides is 3. The molecule has 1 heterocycles. The van der Waals surface area contributed by atoms with Crippen molar-refractivity contribution in [1.29, 1.82) is 5.26 Å². The van der Waals surface area contributed by atoms with E-state index in [1.807, 2.05) is 0 Å². The van der Waals surface area contributed by atoms with Crippen molar-refractivity contribution in [3.8, 4) is 6.07 Å². The van der Waals surface area contributed by atoms with Gasteiger partial charge in [-0.2, -0.15) is 18.4 Å². The van der Waals surface area contributed by atoms with Gasteiger partial charge in [0.2, 0.25) is 0 Å². The van der Waals surface area contributed by atoms with Gasteiger partial charge in [-0.3, -0.25) is 0 Å². The van der Waals surface area contributed by atoms with E-state index in [-0.39, 0.29) is 16.7 Å². The standard InChI is InChI=1S/C14H13F3N2O2S/c1-9(8-22(2,20)21)19-6-5-11-12(19)4-3-10(7-18)13(11)14(15,16)17/h3-6,9H,8H2,1-2H3. The highest BCUT2D eigenvalue weighted by atomic mass is 32.2. The predicted molar refractivity (Wildman–Crippen MR) is 76.1 cm³/mol. The van der Waals surface area contributed by atoms with Crippen LogP contribution in [0.25, 0.3) is 10.9 Å². The van der Waals surface area contributed by atoms with Crippen LogP contribution in [0.1, 0.15) is 24.1 Å². The number of rotatable bonds is 3. The third-order valence-corrected chi connectivity index (χ3v) is 4.41. The van der Waals surface area contributed by atoms with Gasteiger partial charge in [0.05, 0.1) is 22.9 Å². The van der Waals surface area contributed by atoms with Crippen molar-refractivity contribution in [1.82, 2.24) is 4.57 Å². The number of aromatic nitrogens is 1. The largest absolute Gasteiger partial charge is 0.418 e. The molecule has 0 aliphatic carbocycles. The molecular weight excluding hydrogens is 317 g/mol. The second-order valence-electron chi connectivity index (χ2n) is 5.19. The number of halogens is 3. The first kappa shape index (κ1) is 16.4. The van der Waals surface area contributed by atoms with Crippen molar-refractivity contribution >= 4 is 20.7 Å². The molecule has 2 aromatic rings. The first-order chi connectivity index (χ1) is 10.0. The van der Waals surface area contributed by atoms with Crippen molar-refractivity contribution in [2.75, 3.05) is 12.0 Å². The zero-order valence-corrected chi connectivity index (χ0v) is 12.7. The Balaban J connectivity index is 2.67. The zero-order chi connectivity index (χ0) is 16.7. The first-order valence-electron chi connectivity index (χ1n) is 6.33. The van der Waals surface area contributed by atoms with E-state index in [0.717, 1.165) is 12.3 Å². The highest BCUT2D eigenvalue weighted by molar-refractivity contribution is 7.90. The molecule has 1 aromatic carbocycles. The second-order valence-corrected chi connectivity index (χ2v) is 7.38. The Kier molecular flexibility index (Phi) is 3.96. The fourth-order valence-corrected chi connectivity index (χ4v) is 3.58. The van der Waals surface area contributed by atoms with Gasteiger partial charge in [0.1, 0.15) is 9.84 Å². The number of sulfone groups is 1. The van der Waals surface area contributed by atoms with Crippen LogP contribution >= 0.6 is 0 Å². The summed E-state index contributed by atoms with van der Waals surface area (Å²) in [6.45, 7) is 1.62. The molecule has 1 aromatic heterocycles. The Morgan fingerprint density at radius 2 is 1.95 bits per heavy atom. The van der Waals surface area contributed by atoms with E-state index in [1.54, 1.807) is 13.0 Å². The summed E-state index contributed by atoms with van der Waals surface area (Å²) in [5.41, 5.74) is -1.19. The molecule has 0 fully saturated rings. The lowest BCUT2D eigenvalue weighted by Gasteiger charge is -2.16. The quantitative estimate of drug-likeness (QED) is 0.868. The van der Waals surface area contributed by atoms with E-state index in [0.29, 0.717) is 0 Å². The van der Waals surface area contributed by atoms with E-state index >= 15 is 0 Å². The molecule has 1 atom stereocenters. The summed E-state index contributed by atoms with van der Waals surface area (Å²) in [5.74, 6) is -0.182. The average molecular weight is 330 g/mol. The third kappa shape index (κ3) is 3.09. The summed E-state index contributed by atoms with van der Waals surface area (Å²) in [6, 6.07) is 4.81. The van der Waals surface area contributed by atoms with E-state index < -0.39 is 33.2 Å². The van der Waals surface area contributed by atoms with Gasteiger partial charge in [-0.05, 0) is 25.1 Å². The second kappa shape index (κ2) is 5.32. The number of nitriles is 1. The molecule has 4 nitrogen and oxygen atoms in total. The molecule has 0 spiro atoms. The monoisotopic (exact) mass is 330 g/mol. The topological polar surface area (TPSA) is 62.9 Å². The molecule has 0 saturated carbocycles. The Hall–Kier alpha value is -2.01. The summed E-state index contributed by atoms with van der Waals surface area (Å²) in [7, 11) is -3.26. The van der Waals surface area contributed by atoms with Crippen LogP contribution in [0.15, 0.2) is 24.4 Å². The fourth-order valence-electron chi connectivity index (χ4n) is 2.54. The van der Waals surface area contributed by atoms with Gasteiger partial charge in [-0.25, -0.2) is 8.42 Å². The minimum absolute atomic E-state index is 0.105. The molecular formula is C14H13F3N2O2S. The van der Waals surface area contributed by atoms with Gasteiger partial charge in [-0.15, -0.1) is 0 Å². The minimum atomic E-state index is -4.66. The Bertz CT molecular complexity index is 861. The molecule has 0 saturated heterocycles. The summed E-state index contributed by atoms with van der Waals surface area (Å²) >= 11 is 0. The van der Waals surface area contributed by atoms with Gasteiger partial charge in [0.25, 0.3) is 0 Å². The smallest absolute Gasteiger partial charge is 0.344 e. The van der Waals surface area contributed by atoms with Crippen LogP contribution in [-0.4, -0.2) is 25.0 Å². The van der Waals surface area contributed by atoms with Crippen LogP contribution in [-0.2, 0) is 16.0 Å². The maximum Gasteiger partial charge on any atom is 0.418 e. The Labute approximate surface area is 125 Å². The van der Waals surface area contributed by atoms with Crippen molar-refractivity contribution in [3.05, 3.63) is 35.5 Å². The fraction of sp³-hybridized carbons (Fsp3) is 0.357. The molecule has 22 heavy (non-hydrogen) atoms. The van der Waals surface area contributed by atoms with Gasteiger partial charge in [-0.1, -0.05) is 0 Å². The lowest BCUT2D eigenvalue weighted by Crippen LogP contribution is -2.16. The van der Waals surface area contributed by atoms with Gasteiger partial charge in [0.15, 0.2) is 0 Å². The summed E-state index contributed by atoms with van der Waals surface area (Å²) in [4.78, 5) is 0. The molecule has 0 bridgehead atoms. The van der Waals surface area contributed by atoms with Gasteiger partial charge in [0, 0.05) is 29.4 Å². The SMILES string of the molecule is CC(CS(C)(=O)=O)n1ccc2c(C(F)(F)F)c(C#N)ccc21. The van der Waals surface area contributed by atoms with Crippen molar-refractivity contribution < 1.29 is 21.6 Å². The average Bonchev–Trinajstić information content (AvgIpc) is 2.77. The van der Waals surface area contributed by atoms with Crippen LogP contribution in [0.4, 0.5) is 13.2 Å². The Morgan fingerprint density at radius 3 is 2.45 bits per heavy atom. The number of fused-ring (bicyclic) bond motifs is 1. The van der Waals surface area contributed by atoms with E-state index in [1.165, 1.54) is 22.9 Å². The van der Waals surface area contributed by atoms with E-state index in [4.69, 9.17) is 5.26 Å². The number of nitrogens with zero attached hydrogens (tertiary/aromatic N) is 2. The molecule has 0 radical (unpaired) electrons. The number of benzene rings is 1. The number of hydrogen-bond donors (Lipinski definition) is 0. The normalized spacial score (nSPS) is 14.0. The first-order valence-corrected chi connectivity index (χ1v) is 8.39. The highest BCUT2D eigenvalue weighted by Crippen LogP contribution is 2.38. The van der Waals surface area contributed by atoms with Crippen LogP contribution in [0.3, 0.4) is 0 Å². The van der Waals surface area contributed by atoms with Crippen LogP contribution in [0.5, 0.6) is 0 Å². The van der Waals surface area contributed by atoms with Crippen molar-refractivity contribution in [2.24, 2.45) is 0 Å². The van der Waals surface area contributed by atoms with Crippen molar-refractivity contribution in [2.45, 2.75) is 19.1 Å². The third-order valence-electron chi connectivity index (χ3n) is 3.33. The van der Waals surface area contributed by atoms with Gasteiger partial charge < -0.3 is 4.57 Å². The van der Waals surface area contributed by atoms with Crippen LogP contribution < -0.4 is 0 Å². The molecule has 118 valence electrons. The molecule has 0 aliphatic rings. The molecule has 0 N–H and O–H groups in total. The zero-order valence-electron chi connectivity index (χ0n) is 11.8. The van der Waals surface area contributed by atoms with E-state index in [2.05, 4.69) is 0 Å². The number of hydrogen-bond acceptors (Lipinski definition) is 3. The highest BCUT2D eigenvalue weighted by Gasteiger charge is 2.36. The van der Waals surface area contributed by atoms with Crippen LogP contribution in [0.2, 0.25) is 0 Å². The predicted octanol–water partition coefficient (Wildman–Crippen LogP) is 3.14. The maximum atomic E-state index is 13.2. The molecule has 8 heteroatoms. The van der Waals surface area contributed by atoms with Crippen molar-refractivity contribution in [3.63, 3.8) is 0 Å². The molecule has 0 amide bonds. The maximum absolute atomic E-state index is 13.2. The molecule has 0 aliphatic heterocycles. The lowest BCUT2D eigenvalue weighted by molar-refractivity contribution is -0.136. The molecule has 2 rings (SSSR count). The minimum Gasteiger partial charge on any atom is -0.344 e. The van der Waals surface area contributed by atoms with E-state index in [9.17, 15) is 21.6 Å². The summed E-state index contributed by atoms with van der Waals surface area (Å²) in [5, 5.41) is 8.77. The molecule has 1 unspecified atom stereocenters. The lowest BCUT2D eigenvalue weighted by atomic mass is 10.0. The van der Waals surface area contributed by atoms with Gasteiger partial charge >= 0.3 is 6.18 Å². The Morgan fingerprint density at radius 1 is 1.32 bits per heavy atom.